The van der Waals surface area contributed by atoms with E-state index in [1.807, 2.05) is 10.7 Å². The Morgan fingerprint density at radius 2 is 2.27 bits per heavy atom. The number of aromatic nitrogens is 3. The maximum atomic E-state index is 12.7. The van der Waals surface area contributed by atoms with Gasteiger partial charge in [0.2, 0.25) is 0 Å². The minimum absolute atomic E-state index is 0.0933. The molecule has 0 bridgehead atoms. The Balaban J connectivity index is 1.86. The Kier molecular flexibility index (Phi) is 3.69. The first-order valence-electron chi connectivity index (χ1n) is 7.14. The lowest BCUT2D eigenvalue weighted by molar-refractivity contribution is 0.0736. The van der Waals surface area contributed by atoms with Gasteiger partial charge >= 0.3 is 0 Å². The van der Waals surface area contributed by atoms with Gasteiger partial charge in [-0.1, -0.05) is 0 Å². The van der Waals surface area contributed by atoms with Crippen LogP contribution < -0.4 is 0 Å². The molecule has 22 heavy (non-hydrogen) atoms. The number of fused-ring (bicyclic) bond motifs is 1. The third kappa shape index (κ3) is 2.49. The van der Waals surface area contributed by atoms with Crippen molar-refractivity contribution in [3.63, 3.8) is 0 Å². The van der Waals surface area contributed by atoms with E-state index in [2.05, 4.69) is 11.2 Å². The fourth-order valence-electron chi connectivity index (χ4n) is 2.77. The Morgan fingerprint density at radius 1 is 1.45 bits per heavy atom. The zero-order chi connectivity index (χ0) is 15.7. The van der Waals surface area contributed by atoms with Crippen LogP contribution in [-0.2, 0) is 26.7 Å². The van der Waals surface area contributed by atoms with Crippen molar-refractivity contribution < 1.29 is 9.90 Å². The van der Waals surface area contributed by atoms with E-state index in [1.54, 1.807) is 28.8 Å². The second-order valence-electron chi connectivity index (χ2n) is 5.43. The maximum Gasteiger partial charge on any atom is 0.270 e. The average Bonchev–Trinajstić information content (AvgIpc) is 3.03. The molecule has 0 fully saturated rings. The summed E-state index contributed by atoms with van der Waals surface area (Å²) in [6.45, 7) is 1.73. The second-order valence-corrected chi connectivity index (χ2v) is 5.43. The number of rotatable bonds is 2. The molecule has 3 rings (SSSR count). The van der Waals surface area contributed by atoms with Crippen LogP contribution in [0.5, 0.6) is 0 Å². The standard InChI is InChI=1S/C15H17N5O2/c1-18-8-11(7-16)5-14(18)15(22)19-3-2-4-20-13(9-19)6-12(10-21)17-20/h5-6,8,21H,2-4,9-10H2,1H3. The zero-order valence-electron chi connectivity index (χ0n) is 12.4. The summed E-state index contributed by atoms with van der Waals surface area (Å²) in [5, 5.41) is 22.4. The summed E-state index contributed by atoms with van der Waals surface area (Å²) in [7, 11) is 1.76. The minimum atomic E-state index is -0.0999. The second kappa shape index (κ2) is 5.66. The highest BCUT2D eigenvalue weighted by atomic mass is 16.3. The Bertz CT molecular complexity index is 753. The van der Waals surface area contributed by atoms with Gasteiger partial charge in [-0.15, -0.1) is 0 Å². The summed E-state index contributed by atoms with van der Waals surface area (Å²) in [6, 6.07) is 5.50. The van der Waals surface area contributed by atoms with Crippen LogP contribution in [0.3, 0.4) is 0 Å². The molecule has 0 aromatic carbocycles. The molecule has 1 N–H and O–H groups in total. The highest BCUT2D eigenvalue weighted by Crippen LogP contribution is 2.17. The van der Waals surface area contributed by atoms with E-state index < -0.39 is 0 Å². The van der Waals surface area contributed by atoms with Crippen LogP contribution in [0.1, 0.15) is 33.9 Å². The van der Waals surface area contributed by atoms with Gasteiger partial charge in [-0.05, 0) is 18.6 Å². The molecule has 7 heteroatoms. The van der Waals surface area contributed by atoms with E-state index >= 15 is 0 Å². The van der Waals surface area contributed by atoms with E-state index in [1.165, 1.54) is 0 Å². The van der Waals surface area contributed by atoms with E-state index in [0.717, 1.165) is 18.7 Å². The molecule has 7 nitrogen and oxygen atoms in total. The summed E-state index contributed by atoms with van der Waals surface area (Å²) in [4.78, 5) is 14.5. The quantitative estimate of drug-likeness (QED) is 0.881. The number of aryl methyl sites for hydroxylation is 2. The molecule has 3 heterocycles. The van der Waals surface area contributed by atoms with E-state index in [9.17, 15) is 9.90 Å². The monoisotopic (exact) mass is 299 g/mol. The molecule has 114 valence electrons. The summed E-state index contributed by atoms with van der Waals surface area (Å²) < 4.78 is 3.53. The number of aliphatic hydroxyl groups is 1. The fraction of sp³-hybridized carbons (Fsp3) is 0.400. The van der Waals surface area contributed by atoms with Gasteiger partial charge in [-0.3, -0.25) is 9.48 Å². The summed E-state index contributed by atoms with van der Waals surface area (Å²) >= 11 is 0. The Morgan fingerprint density at radius 3 is 2.95 bits per heavy atom. The lowest BCUT2D eigenvalue weighted by Crippen LogP contribution is -2.31. The van der Waals surface area contributed by atoms with E-state index in [4.69, 9.17) is 5.26 Å². The van der Waals surface area contributed by atoms with Crippen molar-refractivity contribution in [2.45, 2.75) is 26.1 Å². The van der Waals surface area contributed by atoms with Gasteiger partial charge in [0.15, 0.2) is 0 Å². The number of hydrogen-bond acceptors (Lipinski definition) is 4. The largest absolute Gasteiger partial charge is 0.390 e. The van der Waals surface area contributed by atoms with Crippen molar-refractivity contribution in [1.29, 1.82) is 5.26 Å². The van der Waals surface area contributed by atoms with Gasteiger partial charge in [0.1, 0.15) is 11.8 Å². The molecular weight excluding hydrogens is 282 g/mol. The maximum absolute atomic E-state index is 12.7. The molecule has 0 unspecified atom stereocenters. The molecule has 0 aliphatic carbocycles. The molecule has 1 aliphatic rings. The zero-order valence-corrected chi connectivity index (χ0v) is 12.4. The highest BCUT2D eigenvalue weighted by Gasteiger charge is 2.23. The number of nitrogens with zero attached hydrogens (tertiary/aromatic N) is 5. The summed E-state index contributed by atoms with van der Waals surface area (Å²) in [5.41, 5.74) is 2.53. The predicted molar refractivity (Wildman–Crippen MR) is 77.6 cm³/mol. The Hall–Kier alpha value is -2.59. The molecule has 0 saturated heterocycles. The molecule has 1 aliphatic heterocycles. The average molecular weight is 299 g/mol. The van der Waals surface area contributed by atoms with Gasteiger partial charge < -0.3 is 14.6 Å². The molecule has 1 amide bonds. The van der Waals surface area contributed by atoms with E-state index in [0.29, 0.717) is 30.0 Å². The van der Waals surface area contributed by atoms with Crippen LogP contribution in [0.15, 0.2) is 18.3 Å². The first-order chi connectivity index (χ1) is 10.6. The predicted octanol–water partition coefficient (Wildman–Crippen LogP) is 0.632. The van der Waals surface area contributed by atoms with Crippen molar-refractivity contribution in [3.05, 3.63) is 41.0 Å². The minimum Gasteiger partial charge on any atom is -0.390 e. The number of hydrogen-bond donors (Lipinski definition) is 1. The lowest BCUT2D eigenvalue weighted by Gasteiger charge is -2.20. The SMILES string of the molecule is Cn1cc(C#N)cc1C(=O)N1CCCn2nc(CO)cc2C1. The lowest BCUT2D eigenvalue weighted by atomic mass is 10.2. The number of carbonyl (C=O) groups excluding carboxylic acids is 1. The molecule has 0 saturated carbocycles. The molecular formula is C15H17N5O2. The van der Waals surface area contributed by atoms with Gasteiger partial charge in [0.25, 0.3) is 5.91 Å². The third-order valence-corrected chi connectivity index (χ3v) is 3.87. The molecule has 2 aromatic rings. The first-order valence-corrected chi connectivity index (χ1v) is 7.14. The van der Waals surface area contributed by atoms with Gasteiger partial charge in [0.05, 0.1) is 30.1 Å². The van der Waals surface area contributed by atoms with Crippen LogP contribution in [-0.4, -0.2) is 36.8 Å². The molecule has 0 radical (unpaired) electrons. The number of aliphatic hydroxyl groups excluding tert-OH is 1. The Labute approximate surface area is 128 Å². The van der Waals surface area contributed by atoms with Gasteiger partial charge in [-0.25, -0.2) is 0 Å². The topological polar surface area (TPSA) is 87.1 Å². The van der Waals surface area contributed by atoms with Crippen molar-refractivity contribution >= 4 is 5.91 Å². The van der Waals surface area contributed by atoms with Crippen molar-refractivity contribution in [3.8, 4) is 6.07 Å². The van der Waals surface area contributed by atoms with Crippen LogP contribution in [0.4, 0.5) is 0 Å². The van der Waals surface area contributed by atoms with Crippen LogP contribution >= 0.6 is 0 Å². The first kappa shape index (κ1) is 14.4. The van der Waals surface area contributed by atoms with E-state index in [-0.39, 0.29) is 12.5 Å². The molecule has 0 atom stereocenters. The van der Waals surface area contributed by atoms with Crippen LogP contribution in [0.25, 0.3) is 0 Å². The normalized spacial score (nSPS) is 14.3. The van der Waals surface area contributed by atoms with Crippen molar-refractivity contribution in [2.24, 2.45) is 7.05 Å². The van der Waals surface area contributed by atoms with Gasteiger partial charge in [0, 0.05) is 26.3 Å². The smallest absolute Gasteiger partial charge is 0.270 e. The van der Waals surface area contributed by atoms with Gasteiger partial charge in [-0.2, -0.15) is 10.4 Å². The van der Waals surface area contributed by atoms with Crippen molar-refractivity contribution in [2.75, 3.05) is 6.54 Å². The van der Waals surface area contributed by atoms with Crippen LogP contribution in [0, 0.1) is 11.3 Å². The number of nitriles is 1. The fourth-order valence-corrected chi connectivity index (χ4v) is 2.77. The van der Waals surface area contributed by atoms with Crippen molar-refractivity contribution in [1.82, 2.24) is 19.2 Å². The number of carbonyl (C=O) groups is 1. The molecule has 0 spiro atoms. The summed E-state index contributed by atoms with van der Waals surface area (Å²) in [5.74, 6) is -0.0933. The van der Waals surface area contributed by atoms with Crippen LogP contribution in [0.2, 0.25) is 0 Å². The highest BCUT2D eigenvalue weighted by molar-refractivity contribution is 5.93. The molecule has 2 aromatic heterocycles. The summed E-state index contributed by atoms with van der Waals surface area (Å²) in [6.07, 6.45) is 2.46. The third-order valence-electron chi connectivity index (χ3n) is 3.87. The number of amides is 1.